The normalized spacial score (nSPS) is 30.4. The Labute approximate surface area is 234 Å². The van der Waals surface area contributed by atoms with Gasteiger partial charge in [0.15, 0.2) is 0 Å². The van der Waals surface area contributed by atoms with Crippen LogP contribution in [0.3, 0.4) is 0 Å². The zero-order valence-corrected chi connectivity index (χ0v) is 24.7. The first-order valence-electron chi connectivity index (χ1n) is 13.7. The first kappa shape index (κ1) is 29.0. The molecule has 0 saturated carbocycles. The Morgan fingerprint density at radius 3 is 2.45 bits per heavy atom. The van der Waals surface area contributed by atoms with Crippen LogP contribution in [0.25, 0.3) is 0 Å². The van der Waals surface area contributed by atoms with Crippen LogP contribution in [-0.2, 0) is 25.7 Å². The number of rotatable bonds is 10. The summed E-state index contributed by atoms with van der Waals surface area (Å²) in [6.07, 6.45) is 1.83. The fraction of sp³-hybridized carbons (Fsp3) is 0.690. The predicted octanol–water partition coefficient (Wildman–Crippen LogP) is 3.15. The highest BCUT2D eigenvalue weighted by Crippen LogP contribution is 2.60. The van der Waals surface area contributed by atoms with Gasteiger partial charge in [-0.15, -0.1) is 0 Å². The van der Waals surface area contributed by atoms with Crippen LogP contribution >= 0.6 is 15.9 Å². The lowest BCUT2D eigenvalue weighted by atomic mass is 9.70. The summed E-state index contributed by atoms with van der Waals surface area (Å²) in [5.74, 6) is -2.10. The van der Waals surface area contributed by atoms with Crippen LogP contribution in [0.4, 0.5) is 0 Å². The van der Waals surface area contributed by atoms with E-state index in [2.05, 4.69) is 47.3 Å². The third kappa shape index (κ3) is 5.65. The van der Waals surface area contributed by atoms with Gasteiger partial charge in [0.1, 0.15) is 11.6 Å². The fourth-order valence-corrected chi connectivity index (χ4v) is 7.98. The molecule has 3 aliphatic heterocycles. The molecule has 3 amide bonds. The molecule has 0 aliphatic carbocycles. The van der Waals surface area contributed by atoms with Crippen molar-refractivity contribution < 1.29 is 24.2 Å². The van der Waals surface area contributed by atoms with Crippen molar-refractivity contribution >= 4 is 33.7 Å². The van der Waals surface area contributed by atoms with Crippen LogP contribution in [0.1, 0.15) is 65.9 Å². The second-order valence-electron chi connectivity index (χ2n) is 12.9. The molecule has 9 heteroatoms. The van der Waals surface area contributed by atoms with Crippen molar-refractivity contribution in [1.29, 1.82) is 0 Å². The summed E-state index contributed by atoms with van der Waals surface area (Å²) in [5, 5.41) is 15.6. The Morgan fingerprint density at radius 2 is 1.82 bits per heavy atom. The number of nitrogens with one attached hydrogen (secondary N) is 2. The number of benzene rings is 1. The van der Waals surface area contributed by atoms with E-state index in [4.69, 9.17) is 4.74 Å². The number of likely N-dealkylation sites (tertiary alicyclic amines) is 1. The van der Waals surface area contributed by atoms with Crippen LogP contribution in [0, 0.1) is 17.3 Å². The van der Waals surface area contributed by atoms with Crippen molar-refractivity contribution in [2.45, 2.75) is 95.0 Å². The van der Waals surface area contributed by atoms with Crippen LogP contribution in [-0.4, -0.2) is 69.0 Å². The largest absolute Gasteiger partial charge is 0.396 e. The molecule has 0 radical (unpaired) electrons. The molecule has 1 aromatic rings. The first-order chi connectivity index (χ1) is 17.8. The van der Waals surface area contributed by atoms with Gasteiger partial charge in [0.2, 0.25) is 17.7 Å². The molecular weight excluding hydrogens is 550 g/mol. The molecule has 3 N–H and O–H groups in total. The van der Waals surface area contributed by atoms with Gasteiger partial charge in [-0.3, -0.25) is 14.4 Å². The highest BCUT2D eigenvalue weighted by Gasteiger charge is 2.76. The zero-order chi connectivity index (χ0) is 27.9. The lowest BCUT2D eigenvalue weighted by Gasteiger charge is -2.38. The van der Waals surface area contributed by atoms with Gasteiger partial charge in [0.25, 0.3) is 0 Å². The third-order valence-corrected chi connectivity index (χ3v) is 8.74. The Balaban J connectivity index is 1.62. The first-order valence-corrected chi connectivity index (χ1v) is 14.6. The summed E-state index contributed by atoms with van der Waals surface area (Å²) < 4.78 is 6.56. The van der Waals surface area contributed by atoms with Gasteiger partial charge in [0.05, 0.1) is 17.9 Å². The zero-order valence-electron chi connectivity index (χ0n) is 23.1. The second kappa shape index (κ2) is 10.9. The molecule has 210 valence electrons. The number of amides is 3. The molecular formula is C29H42BrN3O5. The van der Waals surface area contributed by atoms with E-state index in [1.807, 2.05) is 44.2 Å². The number of aliphatic hydroxyl groups excluding tert-OH is 1. The molecule has 3 aliphatic rings. The van der Waals surface area contributed by atoms with E-state index in [1.54, 1.807) is 4.90 Å². The maximum Gasteiger partial charge on any atom is 0.246 e. The minimum atomic E-state index is -1.08. The number of ether oxygens (including phenoxy) is 1. The van der Waals surface area contributed by atoms with Crippen molar-refractivity contribution in [2.24, 2.45) is 17.3 Å². The van der Waals surface area contributed by atoms with Crippen molar-refractivity contribution in [3.63, 3.8) is 0 Å². The van der Waals surface area contributed by atoms with E-state index >= 15 is 0 Å². The molecule has 0 aromatic heterocycles. The number of aliphatic hydroxyl groups is 1. The lowest BCUT2D eigenvalue weighted by molar-refractivity contribution is -0.143. The van der Waals surface area contributed by atoms with Crippen LogP contribution in [0.5, 0.6) is 0 Å². The molecule has 8 nitrogen and oxygen atoms in total. The summed E-state index contributed by atoms with van der Waals surface area (Å²) in [6.45, 7) is 11.1. The van der Waals surface area contributed by atoms with Gasteiger partial charge >= 0.3 is 0 Å². The van der Waals surface area contributed by atoms with Gasteiger partial charge in [-0.1, -0.05) is 67.0 Å². The van der Waals surface area contributed by atoms with E-state index < -0.39 is 35.1 Å². The smallest absolute Gasteiger partial charge is 0.246 e. The van der Waals surface area contributed by atoms with E-state index in [0.717, 1.165) is 12.0 Å². The van der Waals surface area contributed by atoms with Crippen LogP contribution < -0.4 is 10.6 Å². The van der Waals surface area contributed by atoms with Crippen molar-refractivity contribution in [3.05, 3.63) is 35.9 Å². The molecule has 2 bridgehead atoms. The van der Waals surface area contributed by atoms with Gasteiger partial charge in [0, 0.05) is 30.1 Å². The number of fused-ring (bicyclic) bond motifs is 1. The van der Waals surface area contributed by atoms with Gasteiger partial charge < -0.3 is 25.4 Å². The van der Waals surface area contributed by atoms with E-state index in [-0.39, 0.29) is 34.6 Å². The summed E-state index contributed by atoms with van der Waals surface area (Å²) in [5.41, 5.74) is -0.612. The highest BCUT2D eigenvalue weighted by molar-refractivity contribution is 9.09. The number of alkyl halides is 1. The molecule has 3 fully saturated rings. The van der Waals surface area contributed by atoms with Gasteiger partial charge in [-0.05, 0) is 50.5 Å². The second-order valence-corrected chi connectivity index (χ2v) is 14.1. The van der Waals surface area contributed by atoms with E-state index in [1.165, 1.54) is 0 Å². The quantitative estimate of drug-likeness (QED) is 0.286. The molecule has 3 unspecified atom stereocenters. The number of carbonyl (C=O) groups is 3. The van der Waals surface area contributed by atoms with Gasteiger partial charge in [-0.25, -0.2) is 0 Å². The number of carbonyl (C=O) groups excluding carboxylic acids is 3. The fourth-order valence-electron chi connectivity index (χ4n) is 7.04. The summed E-state index contributed by atoms with van der Waals surface area (Å²) >= 11 is 3.71. The summed E-state index contributed by atoms with van der Waals surface area (Å²) in [6, 6.07) is 8.80. The Kier molecular flexibility index (Phi) is 8.32. The number of hydrogen-bond donors (Lipinski definition) is 3. The maximum absolute atomic E-state index is 14.0. The van der Waals surface area contributed by atoms with E-state index in [0.29, 0.717) is 32.4 Å². The average molecular weight is 593 g/mol. The monoisotopic (exact) mass is 591 g/mol. The third-order valence-electron chi connectivity index (χ3n) is 7.89. The Hall–Kier alpha value is -1.97. The SMILES string of the molecule is CC(C)(C)CC(C)(C)NC(=O)C1N(CCCCO)C(=O)[C@@H]2[C@H](C(=O)NCc3ccccc3)[C@H]3OC12CC3Br. The molecule has 3 heterocycles. The Bertz CT molecular complexity index is 1040. The van der Waals surface area contributed by atoms with E-state index in [9.17, 15) is 19.5 Å². The van der Waals surface area contributed by atoms with Crippen molar-refractivity contribution in [1.82, 2.24) is 15.5 Å². The standard InChI is InChI=1S/C29H42BrN3O5/c1-27(2,3)17-28(4,5)32-25(36)23-29-15-19(30)22(38-29)20(21(29)26(37)33(23)13-9-10-14-34)24(35)31-16-18-11-7-6-8-12-18/h6-8,11-12,19-23,34H,9-10,13-17H2,1-5H3,(H,31,35)(H,32,36)/t19?,20-,21-,22-,23?,29?/m0/s1. The van der Waals surface area contributed by atoms with Crippen LogP contribution in [0.15, 0.2) is 30.3 Å². The molecule has 3 saturated heterocycles. The predicted molar refractivity (Wildman–Crippen MR) is 148 cm³/mol. The molecule has 6 atom stereocenters. The number of halogens is 1. The average Bonchev–Trinajstić information content (AvgIpc) is 3.40. The molecule has 1 aromatic carbocycles. The minimum Gasteiger partial charge on any atom is -0.396 e. The molecule has 38 heavy (non-hydrogen) atoms. The molecule has 1 spiro atoms. The van der Waals surface area contributed by atoms with Crippen LogP contribution in [0.2, 0.25) is 0 Å². The molecule has 4 rings (SSSR count). The topological polar surface area (TPSA) is 108 Å². The highest BCUT2D eigenvalue weighted by atomic mass is 79.9. The van der Waals surface area contributed by atoms with Crippen molar-refractivity contribution in [3.8, 4) is 0 Å². The van der Waals surface area contributed by atoms with Gasteiger partial charge in [-0.2, -0.15) is 0 Å². The lowest BCUT2D eigenvalue weighted by Crippen LogP contribution is -2.59. The van der Waals surface area contributed by atoms with Crippen molar-refractivity contribution in [2.75, 3.05) is 13.2 Å². The Morgan fingerprint density at radius 1 is 1.13 bits per heavy atom. The summed E-state index contributed by atoms with van der Waals surface area (Å²) in [4.78, 5) is 43.0. The summed E-state index contributed by atoms with van der Waals surface area (Å²) in [7, 11) is 0. The number of hydrogen-bond acceptors (Lipinski definition) is 5. The number of nitrogens with zero attached hydrogens (tertiary/aromatic N) is 1. The number of unbranched alkanes of at least 4 members (excludes halogenated alkanes) is 1. The minimum absolute atomic E-state index is 0.00485. The maximum atomic E-state index is 14.0.